The highest BCUT2D eigenvalue weighted by Gasteiger charge is 2.31. The minimum absolute atomic E-state index is 0.0633. The van der Waals surface area contributed by atoms with Gasteiger partial charge in [0.1, 0.15) is 0 Å². The summed E-state index contributed by atoms with van der Waals surface area (Å²) < 4.78 is 29.7. The van der Waals surface area contributed by atoms with E-state index in [0.29, 0.717) is 19.0 Å². The van der Waals surface area contributed by atoms with E-state index in [1.165, 1.54) is 0 Å². The highest BCUT2D eigenvalue weighted by Crippen LogP contribution is 2.19. The maximum absolute atomic E-state index is 12.6. The molecule has 2 saturated heterocycles. The number of hydrogen-bond acceptors (Lipinski definition) is 4. The Morgan fingerprint density at radius 3 is 2.62 bits per heavy atom. The Labute approximate surface area is 129 Å². The Balaban J connectivity index is 1.91. The van der Waals surface area contributed by atoms with Crippen molar-refractivity contribution in [3.05, 3.63) is 0 Å². The van der Waals surface area contributed by atoms with E-state index in [9.17, 15) is 8.42 Å². The second-order valence-electron chi connectivity index (χ2n) is 6.28. The molecule has 2 unspecified atom stereocenters. The molecule has 7 heteroatoms. The molecule has 0 saturated carbocycles. The predicted octanol–water partition coefficient (Wildman–Crippen LogP) is 0.237. The number of likely N-dealkylation sites (tertiary alicyclic amines) is 1. The van der Waals surface area contributed by atoms with E-state index in [-0.39, 0.29) is 6.04 Å². The second kappa shape index (κ2) is 7.87. The molecule has 2 aliphatic heterocycles. The van der Waals surface area contributed by atoms with Gasteiger partial charge in [0.05, 0.1) is 0 Å². The van der Waals surface area contributed by atoms with Gasteiger partial charge in [0, 0.05) is 25.7 Å². The van der Waals surface area contributed by atoms with Crippen molar-refractivity contribution < 1.29 is 8.42 Å². The lowest BCUT2D eigenvalue weighted by Gasteiger charge is -2.36. The van der Waals surface area contributed by atoms with E-state index in [2.05, 4.69) is 21.9 Å². The maximum atomic E-state index is 12.6. The molecule has 2 fully saturated rings. The zero-order valence-corrected chi connectivity index (χ0v) is 14.2. The fourth-order valence-corrected chi connectivity index (χ4v) is 4.96. The fourth-order valence-electron chi connectivity index (χ4n) is 3.42. The van der Waals surface area contributed by atoms with Gasteiger partial charge >= 0.3 is 0 Å². The number of nitrogens with one attached hydrogen (secondary N) is 2. The SMILES string of the molecule is CCN1CCCC(NS(=O)(=O)N2CCCC(CNC)C2)C1. The monoisotopic (exact) mass is 318 g/mol. The molecule has 2 atom stereocenters. The molecule has 0 aromatic carbocycles. The number of piperidine rings is 2. The molecule has 0 radical (unpaired) electrons. The lowest BCUT2D eigenvalue weighted by molar-refractivity contribution is 0.206. The Morgan fingerprint density at radius 1 is 1.14 bits per heavy atom. The van der Waals surface area contributed by atoms with Crippen LogP contribution >= 0.6 is 0 Å². The van der Waals surface area contributed by atoms with Crippen LogP contribution in [0.3, 0.4) is 0 Å². The normalized spacial score (nSPS) is 29.6. The summed E-state index contributed by atoms with van der Waals surface area (Å²) >= 11 is 0. The third-order valence-corrected chi connectivity index (χ3v) is 6.23. The minimum Gasteiger partial charge on any atom is -0.319 e. The average Bonchev–Trinajstić information content (AvgIpc) is 2.48. The second-order valence-corrected chi connectivity index (χ2v) is 7.98. The molecule has 0 amide bonds. The van der Waals surface area contributed by atoms with Gasteiger partial charge in [-0.05, 0) is 58.3 Å². The first-order chi connectivity index (χ1) is 10.0. The van der Waals surface area contributed by atoms with Crippen LogP contribution in [0.5, 0.6) is 0 Å². The minimum atomic E-state index is -3.34. The van der Waals surface area contributed by atoms with E-state index in [1.54, 1.807) is 4.31 Å². The van der Waals surface area contributed by atoms with Crippen LogP contribution in [0, 0.1) is 5.92 Å². The molecule has 0 aromatic heterocycles. The molecule has 124 valence electrons. The number of nitrogens with zero attached hydrogens (tertiary/aromatic N) is 2. The molecule has 2 aliphatic rings. The van der Waals surface area contributed by atoms with Crippen molar-refractivity contribution in [2.24, 2.45) is 5.92 Å². The fraction of sp³-hybridized carbons (Fsp3) is 1.00. The third kappa shape index (κ3) is 4.89. The van der Waals surface area contributed by atoms with Crippen molar-refractivity contribution >= 4 is 10.2 Å². The van der Waals surface area contributed by atoms with Gasteiger partial charge in [-0.3, -0.25) is 0 Å². The van der Waals surface area contributed by atoms with Gasteiger partial charge in [0.2, 0.25) is 0 Å². The van der Waals surface area contributed by atoms with E-state index < -0.39 is 10.2 Å². The molecular formula is C14H30N4O2S. The summed E-state index contributed by atoms with van der Waals surface area (Å²) in [4.78, 5) is 2.32. The number of rotatable bonds is 6. The molecular weight excluding hydrogens is 288 g/mol. The predicted molar refractivity (Wildman–Crippen MR) is 85.4 cm³/mol. The Bertz CT molecular complexity index is 413. The summed E-state index contributed by atoms with van der Waals surface area (Å²) in [6.45, 7) is 7.22. The Morgan fingerprint density at radius 2 is 1.90 bits per heavy atom. The highest BCUT2D eigenvalue weighted by atomic mass is 32.2. The van der Waals surface area contributed by atoms with Crippen LogP contribution in [0.15, 0.2) is 0 Å². The smallest absolute Gasteiger partial charge is 0.279 e. The standard InChI is InChI=1S/C14H30N4O2S/c1-3-17-8-5-7-14(12-17)16-21(19,20)18-9-4-6-13(11-18)10-15-2/h13-16H,3-12H2,1-2H3. The van der Waals surface area contributed by atoms with Gasteiger partial charge < -0.3 is 10.2 Å². The van der Waals surface area contributed by atoms with E-state index in [1.807, 2.05) is 7.05 Å². The molecule has 2 N–H and O–H groups in total. The van der Waals surface area contributed by atoms with Crippen LogP contribution in [0.1, 0.15) is 32.6 Å². The van der Waals surface area contributed by atoms with Gasteiger partial charge in [-0.25, -0.2) is 0 Å². The van der Waals surface area contributed by atoms with Gasteiger partial charge in [0.25, 0.3) is 10.2 Å². The summed E-state index contributed by atoms with van der Waals surface area (Å²) in [5.74, 6) is 0.429. The van der Waals surface area contributed by atoms with Crippen LogP contribution in [0.25, 0.3) is 0 Å². The van der Waals surface area contributed by atoms with Crippen LogP contribution in [0.2, 0.25) is 0 Å². The summed E-state index contributed by atoms with van der Waals surface area (Å²) in [5, 5.41) is 3.16. The Kier molecular flexibility index (Phi) is 6.43. The van der Waals surface area contributed by atoms with Gasteiger partial charge in [-0.1, -0.05) is 6.92 Å². The topological polar surface area (TPSA) is 64.7 Å². The first-order valence-electron chi connectivity index (χ1n) is 8.19. The summed E-state index contributed by atoms with van der Waals surface area (Å²) in [5.41, 5.74) is 0. The zero-order valence-electron chi connectivity index (χ0n) is 13.3. The molecule has 0 aliphatic carbocycles. The number of likely N-dealkylation sites (N-methyl/N-ethyl adjacent to an activating group) is 1. The summed E-state index contributed by atoms with van der Waals surface area (Å²) in [6, 6.07) is 0.0633. The van der Waals surface area contributed by atoms with Crippen molar-refractivity contribution in [3.8, 4) is 0 Å². The molecule has 6 nitrogen and oxygen atoms in total. The Hall–Kier alpha value is -0.210. The van der Waals surface area contributed by atoms with Crippen molar-refractivity contribution in [1.29, 1.82) is 0 Å². The molecule has 21 heavy (non-hydrogen) atoms. The lowest BCUT2D eigenvalue weighted by atomic mass is 10.00. The zero-order chi connectivity index (χ0) is 15.3. The van der Waals surface area contributed by atoms with Crippen LogP contribution in [0.4, 0.5) is 0 Å². The molecule has 0 bridgehead atoms. The van der Waals surface area contributed by atoms with Crippen LogP contribution < -0.4 is 10.0 Å². The van der Waals surface area contributed by atoms with E-state index in [0.717, 1.165) is 51.9 Å². The van der Waals surface area contributed by atoms with Gasteiger partial charge in [-0.2, -0.15) is 17.4 Å². The van der Waals surface area contributed by atoms with E-state index in [4.69, 9.17) is 0 Å². The van der Waals surface area contributed by atoms with Crippen molar-refractivity contribution in [1.82, 2.24) is 19.2 Å². The average molecular weight is 318 g/mol. The van der Waals surface area contributed by atoms with Crippen LogP contribution in [-0.4, -0.2) is 70.0 Å². The highest BCUT2D eigenvalue weighted by molar-refractivity contribution is 7.87. The summed E-state index contributed by atoms with van der Waals surface area (Å²) in [7, 11) is -1.41. The first kappa shape index (κ1) is 17.1. The van der Waals surface area contributed by atoms with Crippen molar-refractivity contribution in [2.75, 3.05) is 46.3 Å². The molecule has 2 rings (SSSR count). The third-order valence-electron chi connectivity index (χ3n) is 4.58. The summed E-state index contributed by atoms with van der Waals surface area (Å²) in [6.07, 6.45) is 4.09. The van der Waals surface area contributed by atoms with Gasteiger partial charge in [-0.15, -0.1) is 0 Å². The van der Waals surface area contributed by atoms with Crippen molar-refractivity contribution in [2.45, 2.75) is 38.6 Å². The largest absolute Gasteiger partial charge is 0.319 e. The van der Waals surface area contributed by atoms with Gasteiger partial charge in [0.15, 0.2) is 0 Å². The molecule has 2 heterocycles. The van der Waals surface area contributed by atoms with Crippen molar-refractivity contribution in [3.63, 3.8) is 0 Å². The maximum Gasteiger partial charge on any atom is 0.279 e. The van der Waals surface area contributed by atoms with E-state index >= 15 is 0 Å². The quantitative estimate of drug-likeness (QED) is 0.736. The lowest BCUT2D eigenvalue weighted by Crippen LogP contribution is -2.53. The first-order valence-corrected chi connectivity index (χ1v) is 9.63. The van der Waals surface area contributed by atoms with Crippen LogP contribution in [-0.2, 0) is 10.2 Å². The molecule has 0 aromatic rings. The molecule has 0 spiro atoms. The number of hydrogen-bond donors (Lipinski definition) is 2.